The summed E-state index contributed by atoms with van der Waals surface area (Å²) in [5.41, 5.74) is 1.34. The summed E-state index contributed by atoms with van der Waals surface area (Å²) >= 11 is 12.7. The highest BCUT2D eigenvalue weighted by Gasteiger charge is 2.19. The van der Waals surface area contributed by atoms with Crippen molar-refractivity contribution < 1.29 is 22.3 Å². The van der Waals surface area contributed by atoms with Gasteiger partial charge in [0.15, 0.2) is 15.6 Å². The van der Waals surface area contributed by atoms with Crippen LogP contribution in [0.5, 0.6) is 11.5 Å². The molecule has 3 aromatic carbocycles. The van der Waals surface area contributed by atoms with E-state index >= 15 is 0 Å². The molecule has 1 N–H and O–H groups in total. The maximum absolute atomic E-state index is 14.0. The number of carbonyl (C=O) groups excluding carboxylic acids is 1. The number of halogens is 3. The fraction of sp³-hybridized carbons (Fsp3) is 0.208. The molecule has 0 spiro atoms. The summed E-state index contributed by atoms with van der Waals surface area (Å²) in [6.07, 6.45) is 1.13. The standard InChI is InChI=1S/C24H22Cl2FNO4S/c1-14(2)19-12-16(6-11-21(19)27)32-23-20(25)10-9-18(22(23)26)24(29)28-13-15-4-7-17(8-5-15)33(3,30)31/h4-12,14H,13H2,1-3H3,(H,28,29). The second-order valence-corrected chi connectivity index (χ2v) is 10.6. The van der Waals surface area contributed by atoms with Crippen LogP contribution in [0.25, 0.3) is 0 Å². The van der Waals surface area contributed by atoms with E-state index in [1.807, 2.05) is 13.8 Å². The third kappa shape index (κ3) is 6.05. The average molecular weight is 510 g/mol. The molecule has 0 radical (unpaired) electrons. The SMILES string of the molecule is CC(C)c1cc(Oc2c(Cl)ccc(C(=O)NCc3ccc(S(C)(=O)=O)cc3)c2Cl)ccc1F. The first-order valence-corrected chi connectivity index (χ1v) is 12.6. The fourth-order valence-corrected chi connectivity index (χ4v) is 4.24. The molecule has 0 aliphatic rings. The number of rotatable bonds is 7. The molecular weight excluding hydrogens is 488 g/mol. The van der Waals surface area contributed by atoms with Crippen LogP contribution < -0.4 is 10.1 Å². The zero-order valence-electron chi connectivity index (χ0n) is 18.2. The van der Waals surface area contributed by atoms with Gasteiger partial charge in [-0.2, -0.15) is 0 Å². The van der Waals surface area contributed by atoms with Crippen LogP contribution >= 0.6 is 23.2 Å². The number of hydrogen-bond acceptors (Lipinski definition) is 4. The summed E-state index contributed by atoms with van der Waals surface area (Å²) in [5, 5.41) is 2.95. The van der Waals surface area contributed by atoms with Gasteiger partial charge in [-0.15, -0.1) is 0 Å². The minimum atomic E-state index is -3.30. The van der Waals surface area contributed by atoms with Crippen LogP contribution in [0.2, 0.25) is 10.0 Å². The Kier molecular flexibility index (Phi) is 7.67. The van der Waals surface area contributed by atoms with E-state index in [0.717, 1.165) is 6.26 Å². The van der Waals surface area contributed by atoms with E-state index in [9.17, 15) is 17.6 Å². The quantitative estimate of drug-likeness (QED) is 0.400. The molecule has 0 saturated heterocycles. The van der Waals surface area contributed by atoms with Gasteiger partial charge in [0.25, 0.3) is 5.91 Å². The zero-order valence-corrected chi connectivity index (χ0v) is 20.5. The lowest BCUT2D eigenvalue weighted by Gasteiger charge is -2.15. The highest BCUT2D eigenvalue weighted by Crippen LogP contribution is 2.39. The summed E-state index contributed by atoms with van der Waals surface area (Å²) < 4.78 is 43.0. The molecule has 0 fully saturated rings. The third-order valence-electron chi connectivity index (χ3n) is 4.91. The van der Waals surface area contributed by atoms with Gasteiger partial charge < -0.3 is 10.1 Å². The molecule has 1 amide bonds. The van der Waals surface area contributed by atoms with Crippen LogP contribution in [0.15, 0.2) is 59.5 Å². The lowest BCUT2D eigenvalue weighted by Crippen LogP contribution is -2.23. The monoisotopic (exact) mass is 509 g/mol. The first-order chi connectivity index (χ1) is 15.5. The Labute approximate surface area is 202 Å². The summed E-state index contributed by atoms with van der Waals surface area (Å²) in [7, 11) is -3.30. The van der Waals surface area contributed by atoms with Crippen LogP contribution in [-0.4, -0.2) is 20.6 Å². The number of sulfone groups is 1. The van der Waals surface area contributed by atoms with Crippen LogP contribution in [0.3, 0.4) is 0 Å². The highest BCUT2D eigenvalue weighted by atomic mass is 35.5. The lowest BCUT2D eigenvalue weighted by molar-refractivity contribution is 0.0950. The van der Waals surface area contributed by atoms with Gasteiger partial charge in [-0.1, -0.05) is 49.2 Å². The molecule has 33 heavy (non-hydrogen) atoms. The van der Waals surface area contributed by atoms with E-state index in [4.69, 9.17) is 27.9 Å². The Balaban J connectivity index is 1.79. The van der Waals surface area contributed by atoms with Crippen molar-refractivity contribution in [1.29, 1.82) is 0 Å². The van der Waals surface area contributed by atoms with Crippen LogP contribution in [0.4, 0.5) is 4.39 Å². The number of ether oxygens (including phenoxy) is 1. The van der Waals surface area contributed by atoms with Gasteiger partial charge in [-0.25, -0.2) is 12.8 Å². The molecule has 0 saturated carbocycles. The molecule has 0 unspecified atom stereocenters. The fourth-order valence-electron chi connectivity index (χ4n) is 3.08. The number of nitrogens with one attached hydrogen (secondary N) is 1. The van der Waals surface area contributed by atoms with Gasteiger partial charge in [0.05, 0.1) is 20.5 Å². The molecule has 9 heteroatoms. The minimum Gasteiger partial charge on any atom is -0.454 e. The van der Waals surface area contributed by atoms with Crippen molar-refractivity contribution in [2.75, 3.05) is 6.26 Å². The van der Waals surface area contributed by atoms with Crippen molar-refractivity contribution >= 4 is 38.9 Å². The van der Waals surface area contributed by atoms with Crippen molar-refractivity contribution in [3.05, 3.63) is 87.2 Å². The first-order valence-electron chi connectivity index (χ1n) is 10.00. The van der Waals surface area contributed by atoms with Gasteiger partial charge in [0.2, 0.25) is 0 Å². The van der Waals surface area contributed by atoms with E-state index in [2.05, 4.69) is 5.32 Å². The normalized spacial score (nSPS) is 11.5. The zero-order chi connectivity index (χ0) is 24.3. The van der Waals surface area contributed by atoms with Crippen molar-refractivity contribution in [2.45, 2.75) is 31.2 Å². The van der Waals surface area contributed by atoms with Crippen molar-refractivity contribution in [1.82, 2.24) is 5.32 Å². The predicted octanol–water partition coefficient (Wildman–Crippen LogP) is 6.38. The van der Waals surface area contributed by atoms with Crippen LogP contribution in [0, 0.1) is 5.82 Å². The van der Waals surface area contributed by atoms with Crippen molar-refractivity contribution in [3.8, 4) is 11.5 Å². The topological polar surface area (TPSA) is 72.5 Å². The van der Waals surface area contributed by atoms with E-state index in [1.54, 1.807) is 18.2 Å². The summed E-state index contributed by atoms with van der Waals surface area (Å²) in [5.74, 6) is -0.428. The smallest absolute Gasteiger partial charge is 0.253 e. The minimum absolute atomic E-state index is 0.0165. The first kappa shape index (κ1) is 25.0. The molecule has 0 aliphatic carbocycles. The van der Waals surface area contributed by atoms with Crippen LogP contribution in [0.1, 0.15) is 41.3 Å². The summed E-state index contributed by atoms with van der Waals surface area (Å²) in [6.45, 7) is 3.89. The maximum Gasteiger partial charge on any atom is 0.253 e. The van der Waals surface area contributed by atoms with E-state index in [0.29, 0.717) is 16.9 Å². The van der Waals surface area contributed by atoms with Gasteiger partial charge in [-0.05, 0) is 59.5 Å². The molecule has 5 nitrogen and oxygen atoms in total. The molecule has 0 atom stereocenters. The average Bonchev–Trinajstić information content (AvgIpc) is 2.75. The Morgan fingerprint density at radius 2 is 1.73 bits per heavy atom. The maximum atomic E-state index is 14.0. The Morgan fingerprint density at radius 3 is 2.33 bits per heavy atom. The van der Waals surface area contributed by atoms with E-state index in [1.165, 1.54) is 36.4 Å². The van der Waals surface area contributed by atoms with E-state index < -0.39 is 15.7 Å². The summed E-state index contributed by atoms with van der Waals surface area (Å²) in [4.78, 5) is 12.9. The second-order valence-electron chi connectivity index (χ2n) is 7.78. The Morgan fingerprint density at radius 1 is 1.06 bits per heavy atom. The number of carbonyl (C=O) groups is 1. The number of benzene rings is 3. The van der Waals surface area contributed by atoms with Gasteiger partial charge >= 0.3 is 0 Å². The molecule has 3 rings (SSSR count). The van der Waals surface area contributed by atoms with Crippen molar-refractivity contribution in [2.24, 2.45) is 0 Å². The molecular formula is C24H22Cl2FNO4S. The molecule has 3 aromatic rings. The Hall–Kier alpha value is -2.61. The molecule has 174 valence electrons. The van der Waals surface area contributed by atoms with E-state index in [-0.39, 0.29) is 44.5 Å². The van der Waals surface area contributed by atoms with Gasteiger partial charge in [-0.3, -0.25) is 4.79 Å². The molecule has 0 heterocycles. The largest absolute Gasteiger partial charge is 0.454 e. The lowest BCUT2D eigenvalue weighted by atomic mass is 10.0. The van der Waals surface area contributed by atoms with Crippen LogP contribution in [-0.2, 0) is 16.4 Å². The summed E-state index contributed by atoms with van der Waals surface area (Å²) in [6, 6.07) is 13.5. The van der Waals surface area contributed by atoms with Gasteiger partial charge in [0, 0.05) is 12.8 Å². The number of amides is 1. The predicted molar refractivity (Wildman–Crippen MR) is 128 cm³/mol. The third-order valence-corrected chi connectivity index (χ3v) is 6.71. The van der Waals surface area contributed by atoms with Crippen molar-refractivity contribution in [3.63, 3.8) is 0 Å². The number of hydrogen-bond donors (Lipinski definition) is 1. The Bertz CT molecular complexity index is 1290. The molecule has 0 aliphatic heterocycles. The molecule has 0 bridgehead atoms. The second kappa shape index (κ2) is 10.1. The highest BCUT2D eigenvalue weighted by molar-refractivity contribution is 7.90. The molecule has 0 aromatic heterocycles. The van der Waals surface area contributed by atoms with Gasteiger partial charge in [0.1, 0.15) is 11.6 Å².